The second-order valence-corrected chi connectivity index (χ2v) is 4.21. The molecule has 1 N–H and O–H groups in total. The molecule has 0 unspecified atom stereocenters. The minimum absolute atomic E-state index is 0.0429. The van der Waals surface area contributed by atoms with Crippen LogP contribution in [0.4, 0.5) is 4.39 Å². The maximum Gasteiger partial charge on any atom is 0.223 e. The van der Waals surface area contributed by atoms with Gasteiger partial charge in [0.2, 0.25) is 5.91 Å². The van der Waals surface area contributed by atoms with Crippen LogP contribution in [0, 0.1) is 5.82 Å². The van der Waals surface area contributed by atoms with Crippen molar-refractivity contribution in [2.24, 2.45) is 0 Å². The molecule has 0 fully saturated rings. The Kier molecular flexibility index (Phi) is 5.38. The van der Waals surface area contributed by atoms with Gasteiger partial charge in [0.1, 0.15) is 5.82 Å². The number of hydrogen-bond acceptors (Lipinski definition) is 2. The number of nitrogens with one attached hydrogen (secondary N) is 1. The summed E-state index contributed by atoms with van der Waals surface area (Å²) in [5.74, 6) is -0.426. The fourth-order valence-corrected chi connectivity index (χ4v) is 1.65. The highest BCUT2D eigenvalue weighted by molar-refractivity contribution is 6.31. The fourth-order valence-electron chi connectivity index (χ4n) is 1.43. The lowest BCUT2D eigenvalue weighted by Gasteiger charge is -2.18. The molecule has 17 heavy (non-hydrogen) atoms. The lowest BCUT2D eigenvalue weighted by atomic mass is 10.2. The first-order valence-electron chi connectivity index (χ1n) is 5.37. The molecule has 1 amide bonds. The predicted molar refractivity (Wildman–Crippen MR) is 66.4 cm³/mol. The highest BCUT2D eigenvalue weighted by atomic mass is 35.5. The Morgan fingerprint density at radius 3 is 2.82 bits per heavy atom. The fraction of sp³-hybridized carbons (Fsp3) is 0.417. The molecule has 0 spiro atoms. The lowest BCUT2D eigenvalue weighted by molar-refractivity contribution is -0.130. The number of amides is 1. The Morgan fingerprint density at radius 2 is 2.24 bits per heavy atom. The normalized spacial score (nSPS) is 10.4. The van der Waals surface area contributed by atoms with Gasteiger partial charge in [-0.2, -0.15) is 0 Å². The van der Waals surface area contributed by atoms with Crippen molar-refractivity contribution in [3.63, 3.8) is 0 Å². The second kappa shape index (κ2) is 6.57. The first kappa shape index (κ1) is 13.9. The molecule has 0 aliphatic heterocycles. The zero-order valence-electron chi connectivity index (χ0n) is 9.96. The number of benzene rings is 1. The minimum atomic E-state index is -0.384. The Labute approximate surface area is 106 Å². The van der Waals surface area contributed by atoms with E-state index in [1.807, 2.05) is 0 Å². The molecule has 0 aromatic heterocycles. The molecule has 1 aromatic carbocycles. The zero-order chi connectivity index (χ0) is 12.8. The monoisotopic (exact) mass is 258 g/mol. The van der Waals surface area contributed by atoms with E-state index in [1.165, 1.54) is 11.0 Å². The van der Waals surface area contributed by atoms with Crippen LogP contribution >= 0.6 is 11.6 Å². The summed E-state index contributed by atoms with van der Waals surface area (Å²) in [6, 6.07) is 4.50. The van der Waals surface area contributed by atoms with E-state index < -0.39 is 0 Å². The average molecular weight is 259 g/mol. The maximum absolute atomic E-state index is 13.5. The van der Waals surface area contributed by atoms with Crippen molar-refractivity contribution in [3.8, 4) is 0 Å². The Balaban J connectivity index is 2.67. The first-order chi connectivity index (χ1) is 8.06. The summed E-state index contributed by atoms with van der Waals surface area (Å²) in [5.41, 5.74) is 0.356. The van der Waals surface area contributed by atoms with Crippen molar-refractivity contribution in [3.05, 3.63) is 34.6 Å². The number of halogens is 2. The van der Waals surface area contributed by atoms with Gasteiger partial charge in [-0.15, -0.1) is 0 Å². The molecule has 1 rings (SSSR count). The van der Waals surface area contributed by atoms with Crippen molar-refractivity contribution in [1.82, 2.24) is 10.2 Å². The molecule has 0 aliphatic carbocycles. The van der Waals surface area contributed by atoms with E-state index in [4.69, 9.17) is 11.6 Å². The van der Waals surface area contributed by atoms with Gasteiger partial charge in [-0.1, -0.05) is 17.7 Å². The van der Waals surface area contributed by atoms with Crippen molar-refractivity contribution < 1.29 is 9.18 Å². The summed E-state index contributed by atoms with van der Waals surface area (Å²) in [4.78, 5) is 13.1. The largest absolute Gasteiger partial charge is 0.341 e. The third-order valence-electron chi connectivity index (χ3n) is 2.47. The van der Waals surface area contributed by atoms with Crippen molar-refractivity contribution in [2.75, 3.05) is 20.6 Å². The molecule has 5 heteroatoms. The molecule has 0 saturated carbocycles. The molecule has 0 radical (unpaired) electrons. The molecule has 3 nitrogen and oxygen atoms in total. The van der Waals surface area contributed by atoms with Crippen LogP contribution < -0.4 is 5.32 Å². The van der Waals surface area contributed by atoms with E-state index >= 15 is 0 Å². The second-order valence-electron chi connectivity index (χ2n) is 3.80. The van der Waals surface area contributed by atoms with E-state index in [1.54, 1.807) is 26.2 Å². The van der Waals surface area contributed by atoms with Crippen LogP contribution in [-0.2, 0) is 11.3 Å². The lowest BCUT2D eigenvalue weighted by Crippen LogP contribution is -2.29. The quantitative estimate of drug-likeness (QED) is 0.877. The van der Waals surface area contributed by atoms with Crippen LogP contribution in [0.15, 0.2) is 18.2 Å². The third-order valence-corrected chi connectivity index (χ3v) is 2.83. The van der Waals surface area contributed by atoms with Crippen LogP contribution in [0.2, 0.25) is 5.02 Å². The van der Waals surface area contributed by atoms with Gasteiger partial charge in [0, 0.05) is 37.1 Å². The van der Waals surface area contributed by atoms with Gasteiger partial charge in [0.25, 0.3) is 0 Å². The van der Waals surface area contributed by atoms with E-state index in [2.05, 4.69) is 5.32 Å². The molecule has 0 heterocycles. The molecule has 1 aromatic rings. The SMILES string of the molecule is CNCCC(=O)N(C)Cc1c(F)cccc1Cl. The molecular formula is C12H16ClFN2O. The molecule has 0 atom stereocenters. The van der Waals surface area contributed by atoms with E-state index in [0.29, 0.717) is 23.6 Å². The summed E-state index contributed by atoms with van der Waals surface area (Å²) < 4.78 is 13.5. The van der Waals surface area contributed by atoms with Crippen LogP contribution in [-0.4, -0.2) is 31.4 Å². The number of carbonyl (C=O) groups excluding carboxylic acids is 1. The Hall–Kier alpha value is -1.13. The van der Waals surface area contributed by atoms with Crippen molar-refractivity contribution in [2.45, 2.75) is 13.0 Å². The van der Waals surface area contributed by atoms with Crippen molar-refractivity contribution in [1.29, 1.82) is 0 Å². The first-order valence-corrected chi connectivity index (χ1v) is 5.75. The summed E-state index contributed by atoms with van der Waals surface area (Å²) >= 11 is 5.89. The smallest absolute Gasteiger partial charge is 0.223 e. The average Bonchev–Trinajstić information content (AvgIpc) is 2.30. The van der Waals surface area contributed by atoms with Gasteiger partial charge in [-0.05, 0) is 19.2 Å². The number of hydrogen-bond donors (Lipinski definition) is 1. The van der Waals surface area contributed by atoms with Gasteiger partial charge in [-0.25, -0.2) is 4.39 Å². The Morgan fingerprint density at radius 1 is 1.53 bits per heavy atom. The molecule has 94 valence electrons. The van der Waals surface area contributed by atoms with Gasteiger partial charge < -0.3 is 10.2 Å². The van der Waals surface area contributed by atoms with E-state index in [9.17, 15) is 9.18 Å². The highest BCUT2D eigenvalue weighted by Crippen LogP contribution is 2.20. The summed E-state index contributed by atoms with van der Waals surface area (Å²) in [6.45, 7) is 0.794. The Bertz CT molecular complexity index is 378. The third kappa shape index (κ3) is 3.98. The van der Waals surface area contributed by atoms with Crippen molar-refractivity contribution >= 4 is 17.5 Å². The van der Waals surface area contributed by atoms with Gasteiger partial charge in [-0.3, -0.25) is 4.79 Å². The summed E-state index contributed by atoms with van der Waals surface area (Å²) in [5, 5.41) is 3.24. The molecular weight excluding hydrogens is 243 g/mol. The molecule has 0 bridgehead atoms. The number of nitrogens with zero attached hydrogens (tertiary/aromatic N) is 1. The van der Waals surface area contributed by atoms with Gasteiger partial charge in [0.05, 0.1) is 0 Å². The van der Waals surface area contributed by atoms with Crippen LogP contribution in [0.3, 0.4) is 0 Å². The minimum Gasteiger partial charge on any atom is -0.341 e. The number of rotatable bonds is 5. The maximum atomic E-state index is 13.5. The topological polar surface area (TPSA) is 32.3 Å². The zero-order valence-corrected chi connectivity index (χ0v) is 10.7. The van der Waals surface area contributed by atoms with E-state index in [-0.39, 0.29) is 18.3 Å². The standard InChI is InChI=1S/C12H16ClFN2O/c1-15-7-6-12(17)16(2)8-9-10(13)4-3-5-11(9)14/h3-5,15H,6-8H2,1-2H3. The van der Waals surface area contributed by atoms with Gasteiger partial charge in [0.15, 0.2) is 0 Å². The number of carbonyl (C=O) groups is 1. The predicted octanol–water partition coefficient (Wildman–Crippen LogP) is 2.05. The molecule has 0 aliphatic rings. The highest BCUT2D eigenvalue weighted by Gasteiger charge is 2.13. The van der Waals surface area contributed by atoms with Crippen LogP contribution in [0.1, 0.15) is 12.0 Å². The van der Waals surface area contributed by atoms with E-state index in [0.717, 1.165) is 0 Å². The van der Waals surface area contributed by atoms with Crippen LogP contribution in [0.25, 0.3) is 0 Å². The molecule has 0 saturated heterocycles. The van der Waals surface area contributed by atoms with Gasteiger partial charge >= 0.3 is 0 Å². The summed E-state index contributed by atoms with van der Waals surface area (Å²) in [7, 11) is 3.42. The summed E-state index contributed by atoms with van der Waals surface area (Å²) in [6.07, 6.45) is 0.388. The van der Waals surface area contributed by atoms with Crippen LogP contribution in [0.5, 0.6) is 0 Å².